The summed E-state index contributed by atoms with van der Waals surface area (Å²) in [6.45, 7) is 3.53. The number of esters is 1. The van der Waals surface area contributed by atoms with Gasteiger partial charge in [-0.05, 0) is 44.9 Å². The number of aliphatic hydroxyl groups excluding tert-OH is 1. The lowest BCUT2D eigenvalue weighted by Crippen LogP contribution is -2.27. The molecule has 0 heterocycles. The van der Waals surface area contributed by atoms with E-state index in [1.807, 2.05) is 0 Å². The van der Waals surface area contributed by atoms with Crippen LogP contribution in [0.15, 0.2) is 24.3 Å². The van der Waals surface area contributed by atoms with Gasteiger partial charge >= 0.3 is 13.8 Å². The highest BCUT2D eigenvalue weighted by atomic mass is 31.2. The summed E-state index contributed by atoms with van der Waals surface area (Å²) in [6, 6.07) is 0. The van der Waals surface area contributed by atoms with Gasteiger partial charge in [0.05, 0.1) is 13.2 Å². The van der Waals surface area contributed by atoms with Crippen LogP contribution in [0.5, 0.6) is 0 Å². The van der Waals surface area contributed by atoms with Gasteiger partial charge in [0, 0.05) is 19.4 Å². The molecule has 10 heteroatoms. The fraction of sp³-hybridized carbons (Fsp3) is 0.854. The number of amides is 1. The van der Waals surface area contributed by atoms with E-state index in [0.717, 1.165) is 51.4 Å². The van der Waals surface area contributed by atoms with Crippen LogP contribution in [0.2, 0.25) is 0 Å². The molecule has 0 spiro atoms. The number of allylic oxidation sites excluding steroid dienone is 4. The van der Waals surface area contributed by atoms with Gasteiger partial charge in [-0.15, -0.1) is 0 Å². The van der Waals surface area contributed by atoms with Crippen molar-refractivity contribution in [3.63, 3.8) is 0 Å². The third-order valence-corrected chi connectivity index (χ3v) is 9.87. The minimum atomic E-state index is -4.41. The normalized spacial score (nSPS) is 13.6. The zero-order valence-corrected chi connectivity index (χ0v) is 33.7. The van der Waals surface area contributed by atoms with Crippen LogP contribution < -0.4 is 5.32 Å². The number of unbranched alkanes of at least 4 members (excludes halogenated alkanes) is 22. The Labute approximate surface area is 312 Å². The van der Waals surface area contributed by atoms with Gasteiger partial charge in [0.2, 0.25) is 5.91 Å². The van der Waals surface area contributed by atoms with Crippen molar-refractivity contribution >= 4 is 19.7 Å². The third kappa shape index (κ3) is 39.5. The van der Waals surface area contributed by atoms with Crippen LogP contribution in [0.25, 0.3) is 0 Å². The maximum Gasteiger partial charge on any atom is 0.472 e. The van der Waals surface area contributed by atoms with Crippen LogP contribution in [0.1, 0.15) is 194 Å². The molecule has 0 rings (SSSR count). The second kappa shape index (κ2) is 38.2. The summed E-state index contributed by atoms with van der Waals surface area (Å²) >= 11 is 0. The van der Waals surface area contributed by atoms with Gasteiger partial charge in [0.1, 0.15) is 12.7 Å². The molecular weight excluding hydrogens is 665 g/mol. The first-order chi connectivity index (χ1) is 24.8. The van der Waals surface area contributed by atoms with Crippen molar-refractivity contribution in [2.45, 2.75) is 200 Å². The number of nitrogens with one attached hydrogen (secondary N) is 1. The molecular formula is C41H78NO8P. The van der Waals surface area contributed by atoms with E-state index in [1.165, 1.54) is 116 Å². The topological polar surface area (TPSA) is 131 Å². The second-order valence-corrected chi connectivity index (χ2v) is 15.4. The Morgan fingerprint density at radius 2 is 1.06 bits per heavy atom. The summed E-state index contributed by atoms with van der Waals surface area (Å²) in [6.07, 6.45) is 39.6. The maximum absolute atomic E-state index is 12.1. The van der Waals surface area contributed by atoms with Crippen LogP contribution in [0.4, 0.5) is 0 Å². The molecule has 0 aromatic rings. The molecule has 0 fully saturated rings. The number of carbonyl (C=O) groups is 2. The lowest BCUT2D eigenvalue weighted by molar-refractivity contribution is -0.147. The van der Waals surface area contributed by atoms with E-state index in [4.69, 9.17) is 13.8 Å². The molecule has 300 valence electrons. The van der Waals surface area contributed by atoms with E-state index < -0.39 is 26.5 Å². The largest absolute Gasteiger partial charge is 0.472 e. The second-order valence-electron chi connectivity index (χ2n) is 14.0. The summed E-state index contributed by atoms with van der Waals surface area (Å²) in [4.78, 5) is 33.8. The number of carbonyl (C=O) groups excluding carboxylic acids is 2. The first kappa shape index (κ1) is 49.5. The molecule has 0 saturated heterocycles. The van der Waals surface area contributed by atoms with Gasteiger partial charge in [-0.3, -0.25) is 18.6 Å². The zero-order valence-electron chi connectivity index (χ0n) is 32.8. The van der Waals surface area contributed by atoms with Crippen molar-refractivity contribution in [3.8, 4) is 0 Å². The molecule has 0 aromatic carbocycles. The van der Waals surface area contributed by atoms with E-state index in [-0.39, 0.29) is 32.1 Å². The Morgan fingerprint density at radius 3 is 1.59 bits per heavy atom. The van der Waals surface area contributed by atoms with Crippen LogP contribution in [-0.4, -0.2) is 54.3 Å². The van der Waals surface area contributed by atoms with Crippen molar-refractivity contribution in [1.82, 2.24) is 5.32 Å². The first-order valence-electron chi connectivity index (χ1n) is 20.8. The zero-order chi connectivity index (χ0) is 37.5. The molecule has 0 aliphatic carbocycles. The molecule has 0 aliphatic rings. The summed E-state index contributed by atoms with van der Waals surface area (Å²) in [5.74, 6) is -0.521. The standard InChI is InChI=1S/C41H78NO8P/c1-3-5-7-9-11-13-15-17-18-19-20-21-22-23-25-27-29-31-33-40(44)42-35-36-49-51(46,47)50-38-39(43)37-48-41(45)34-32-30-28-26-24-16-14-12-10-8-6-4-2/h13,15,18-19,39,43H,3-12,14,16-17,20-38H2,1-2H3,(H,42,44)(H,46,47)/b15-13-,19-18-. The molecule has 2 unspecified atom stereocenters. The van der Waals surface area contributed by atoms with Gasteiger partial charge in [0.15, 0.2) is 0 Å². The maximum atomic E-state index is 12.1. The first-order valence-corrected chi connectivity index (χ1v) is 22.3. The smallest absolute Gasteiger partial charge is 0.463 e. The minimum Gasteiger partial charge on any atom is -0.463 e. The monoisotopic (exact) mass is 744 g/mol. The number of hydrogen-bond acceptors (Lipinski definition) is 7. The molecule has 0 aliphatic heterocycles. The summed E-state index contributed by atoms with van der Waals surface area (Å²) in [7, 11) is -4.41. The molecule has 3 N–H and O–H groups in total. The van der Waals surface area contributed by atoms with Gasteiger partial charge < -0.3 is 20.1 Å². The van der Waals surface area contributed by atoms with E-state index in [0.29, 0.717) is 6.42 Å². The van der Waals surface area contributed by atoms with Gasteiger partial charge in [0.25, 0.3) is 0 Å². The van der Waals surface area contributed by atoms with Crippen molar-refractivity contribution in [1.29, 1.82) is 0 Å². The van der Waals surface area contributed by atoms with E-state index >= 15 is 0 Å². The highest BCUT2D eigenvalue weighted by Crippen LogP contribution is 2.42. The molecule has 1 amide bonds. The Balaban J connectivity index is 3.60. The number of rotatable bonds is 39. The molecule has 0 radical (unpaired) electrons. The highest BCUT2D eigenvalue weighted by molar-refractivity contribution is 7.47. The van der Waals surface area contributed by atoms with Crippen LogP contribution in [0.3, 0.4) is 0 Å². The quantitative estimate of drug-likeness (QED) is 0.0245. The summed E-state index contributed by atoms with van der Waals surface area (Å²) in [5, 5.41) is 12.7. The molecule has 51 heavy (non-hydrogen) atoms. The highest BCUT2D eigenvalue weighted by Gasteiger charge is 2.23. The Kier molecular flexibility index (Phi) is 37.1. The Morgan fingerprint density at radius 1 is 0.608 bits per heavy atom. The van der Waals surface area contributed by atoms with Crippen LogP contribution >= 0.6 is 7.82 Å². The van der Waals surface area contributed by atoms with Crippen LogP contribution in [-0.2, 0) is 27.9 Å². The Bertz CT molecular complexity index is 897. The van der Waals surface area contributed by atoms with E-state index in [1.54, 1.807) is 0 Å². The average molecular weight is 744 g/mol. The number of phosphoric acid groups is 1. The summed E-state index contributed by atoms with van der Waals surface area (Å²) < 4.78 is 26.8. The lowest BCUT2D eigenvalue weighted by Gasteiger charge is -2.15. The predicted octanol–water partition coefficient (Wildman–Crippen LogP) is 11.2. The molecule has 2 atom stereocenters. The number of hydrogen-bond donors (Lipinski definition) is 3. The molecule has 0 bridgehead atoms. The van der Waals surface area contributed by atoms with Crippen molar-refractivity contribution in [3.05, 3.63) is 24.3 Å². The number of ether oxygens (including phenoxy) is 1. The summed E-state index contributed by atoms with van der Waals surface area (Å²) in [5.41, 5.74) is 0. The molecule has 0 aromatic heterocycles. The van der Waals surface area contributed by atoms with Gasteiger partial charge in [-0.2, -0.15) is 0 Å². The third-order valence-electron chi connectivity index (χ3n) is 8.88. The Hall–Kier alpha value is -1.51. The number of phosphoric ester groups is 1. The fourth-order valence-corrected chi connectivity index (χ4v) is 6.46. The average Bonchev–Trinajstić information content (AvgIpc) is 3.11. The van der Waals surface area contributed by atoms with E-state index in [2.05, 4.69) is 43.5 Å². The van der Waals surface area contributed by atoms with Gasteiger partial charge in [-0.1, -0.05) is 160 Å². The molecule has 0 saturated carbocycles. The predicted molar refractivity (Wildman–Crippen MR) is 211 cm³/mol. The van der Waals surface area contributed by atoms with Crippen molar-refractivity contribution in [2.75, 3.05) is 26.4 Å². The number of aliphatic hydroxyl groups is 1. The molecule has 9 nitrogen and oxygen atoms in total. The van der Waals surface area contributed by atoms with E-state index in [9.17, 15) is 24.2 Å². The van der Waals surface area contributed by atoms with Gasteiger partial charge in [-0.25, -0.2) is 4.57 Å². The minimum absolute atomic E-state index is 0.0792. The van der Waals surface area contributed by atoms with Crippen LogP contribution in [0, 0.1) is 0 Å². The van der Waals surface area contributed by atoms with Crippen molar-refractivity contribution < 1.29 is 37.9 Å². The van der Waals surface area contributed by atoms with Crippen molar-refractivity contribution in [2.24, 2.45) is 0 Å². The lowest BCUT2D eigenvalue weighted by atomic mass is 10.0. The fourth-order valence-electron chi connectivity index (χ4n) is 5.70. The SMILES string of the molecule is CCCCCC/C=C\C/C=C\CCCCCCCCCC(=O)NCCOP(=O)(O)OCC(O)COC(=O)CCCCCCCCCCCCCC.